The molecule has 0 N–H and O–H groups in total. The maximum Gasteiger partial charge on any atom is 0.246 e. The second kappa shape index (κ2) is 4.83. The van der Waals surface area contributed by atoms with E-state index in [4.69, 9.17) is 11.6 Å². The van der Waals surface area contributed by atoms with Crippen LogP contribution >= 0.6 is 11.6 Å². The molecule has 0 unspecified atom stereocenters. The van der Waals surface area contributed by atoms with Crippen LogP contribution < -0.4 is 14.8 Å². The molecular formula is C11H20ClN2+. The normalized spacial score (nSPS) is 10.9. The average molecular weight is 216 g/mol. The lowest BCUT2D eigenvalue weighted by atomic mass is 10.5. The largest absolute Gasteiger partial charge is 0.365 e. The molecule has 80 valence electrons. The SMILES string of the molecule is CCN(CC)c1c(Cl)c1=[N+](CC)CC. The van der Waals surface area contributed by atoms with Gasteiger partial charge in [0.1, 0.15) is 23.8 Å². The van der Waals surface area contributed by atoms with Crippen LogP contribution in [0.25, 0.3) is 0 Å². The highest BCUT2D eigenvalue weighted by Gasteiger charge is 2.29. The minimum atomic E-state index is 0.970. The van der Waals surface area contributed by atoms with Gasteiger partial charge in [-0.25, -0.2) is 4.58 Å². The molecular weight excluding hydrogens is 196 g/mol. The van der Waals surface area contributed by atoms with E-state index in [1.165, 1.54) is 11.0 Å². The molecule has 0 aliphatic rings. The molecule has 2 nitrogen and oxygen atoms in total. The van der Waals surface area contributed by atoms with Crippen LogP contribution in [0.4, 0.5) is 5.69 Å². The highest BCUT2D eigenvalue weighted by Crippen LogP contribution is 2.27. The maximum atomic E-state index is 6.18. The molecule has 1 aromatic carbocycles. The van der Waals surface area contributed by atoms with Gasteiger partial charge < -0.3 is 4.90 Å². The van der Waals surface area contributed by atoms with E-state index in [0.717, 1.165) is 31.2 Å². The zero-order valence-electron chi connectivity index (χ0n) is 9.60. The molecule has 0 aliphatic heterocycles. The monoisotopic (exact) mass is 215 g/mol. The van der Waals surface area contributed by atoms with Crippen molar-refractivity contribution in [3.8, 4) is 0 Å². The summed E-state index contributed by atoms with van der Waals surface area (Å²) in [7, 11) is 0. The highest BCUT2D eigenvalue weighted by molar-refractivity contribution is 6.36. The predicted molar refractivity (Wildman–Crippen MR) is 63.7 cm³/mol. The van der Waals surface area contributed by atoms with Crippen molar-refractivity contribution in [3.63, 3.8) is 0 Å². The summed E-state index contributed by atoms with van der Waals surface area (Å²) in [6, 6.07) is 0. The first-order valence-electron chi connectivity index (χ1n) is 5.48. The lowest BCUT2D eigenvalue weighted by molar-refractivity contribution is 0.635. The number of anilines is 1. The molecule has 0 heterocycles. The van der Waals surface area contributed by atoms with Crippen LogP contribution in [0.5, 0.6) is 0 Å². The van der Waals surface area contributed by atoms with Crippen molar-refractivity contribution in [2.45, 2.75) is 27.7 Å². The molecule has 0 spiro atoms. The van der Waals surface area contributed by atoms with E-state index in [0.29, 0.717) is 0 Å². The van der Waals surface area contributed by atoms with Gasteiger partial charge in [0, 0.05) is 13.1 Å². The van der Waals surface area contributed by atoms with Crippen molar-refractivity contribution in [2.75, 3.05) is 31.1 Å². The van der Waals surface area contributed by atoms with Crippen molar-refractivity contribution < 1.29 is 0 Å². The second-order valence-electron chi connectivity index (χ2n) is 3.36. The van der Waals surface area contributed by atoms with Gasteiger partial charge in [-0.1, -0.05) is 11.6 Å². The van der Waals surface area contributed by atoms with Gasteiger partial charge in [0.15, 0.2) is 0 Å². The summed E-state index contributed by atoms with van der Waals surface area (Å²) < 4.78 is 2.32. The van der Waals surface area contributed by atoms with Crippen molar-refractivity contribution in [1.29, 1.82) is 0 Å². The standard InChI is InChI=1S/C11H20ClN2/c1-5-13(6-2)10-9(12)11(10)14(7-3)8-4/h5-8H2,1-4H3/q+1. The van der Waals surface area contributed by atoms with Crippen LogP contribution in [0, 0.1) is 0 Å². The summed E-state index contributed by atoms with van der Waals surface area (Å²) >= 11 is 6.18. The summed E-state index contributed by atoms with van der Waals surface area (Å²) in [5, 5.41) is 2.23. The predicted octanol–water partition coefficient (Wildman–Crippen LogP) is 1.87. The van der Waals surface area contributed by atoms with E-state index in [1.54, 1.807) is 0 Å². The first-order chi connectivity index (χ1) is 6.71. The Hall–Kier alpha value is -0.500. The second-order valence-corrected chi connectivity index (χ2v) is 3.73. The van der Waals surface area contributed by atoms with Crippen molar-refractivity contribution >= 4 is 17.3 Å². The van der Waals surface area contributed by atoms with Crippen LogP contribution in [0.2, 0.25) is 5.02 Å². The van der Waals surface area contributed by atoms with Crippen molar-refractivity contribution in [2.24, 2.45) is 0 Å². The Morgan fingerprint density at radius 2 is 1.57 bits per heavy atom. The van der Waals surface area contributed by atoms with Crippen LogP contribution in [0.15, 0.2) is 0 Å². The van der Waals surface area contributed by atoms with Gasteiger partial charge in [-0.2, -0.15) is 0 Å². The zero-order valence-corrected chi connectivity index (χ0v) is 10.4. The lowest BCUT2D eigenvalue weighted by Gasteiger charge is -2.13. The van der Waals surface area contributed by atoms with Gasteiger partial charge in [0.2, 0.25) is 5.36 Å². The fourth-order valence-electron chi connectivity index (χ4n) is 1.80. The van der Waals surface area contributed by atoms with Crippen molar-refractivity contribution in [1.82, 2.24) is 4.58 Å². The lowest BCUT2D eigenvalue weighted by Crippen LogP contribution is -2.28. The third kappa shape index (κ3) is 1.95. The number of rotatable bonds is 5. The van der Waals surface area contributed by atoms with E-state index in [9.17, 15) is 0 Å². The van der Waals surface area contributed by atoms with Gasteiger partial charge in [-0.15, -0.1) is 0 Å². The smallest absolute Gasteiger partial charge is 0.246 e. The minimum Gasteiger partial charge on any atom is -0.365 e. The van der Waals surface area contributed by atoms with E-state index in [1.807, 2.05) is 0 Å². The van der Waals surface area contributed by atoms with E-state index in [2.05, 4.69) is 37.2 Å². The molecule has 0 atom stereocenters. The van der Waals surface area contributed by atoms with E-state index < -0.39 is 0 Å². The Kier molecular flexibility index (Phi) is 3.99. The Morgan fingerprint density at radius 3 is 1.93 bits per heavy atom. The molecule has 1 aromatic rings. The summed E-state index contributed by atoms with van der Waals surface area (Å²) in [5.74, 6) is 0. The average Bonchev–Trinajstić information content (AvgIpc) is 2.83. The third-order valence-corrected chi connectivity index (χ3v) is 3.09. The molecule has 1 rings (SSSR count). The molecule has 0 aromatic heterocycles. The number of nitrogens with zero attached hydrogens (tertiary/aromatic N) is 2. The molecule has 0 amide bonds. The van der Waals surface area contributed by atoms with Gasteiger partial charge in [0.25, 0.3) is 0 Å². The fraction of sp³-hybridized carbons (Fsp3) is 0.727. The van der Waals surface area contributed by atoms with Crippen LogP contribution in [0.3, 0.4) is 0 Å². The van der Waals surface area contributed by atoms with E-state index in [-0.39, 0.29) is 0 Å². The van der Waals surface area contributed by atoms with Crippen LogP contribution in [0.1, 0.15) is 27.7 Å². The highest BCUT2D eigenvalue weighted by atomic mass is 35.5. The first-order valence-corrected chi connectivity index (χ1v) is 5.86. The van der Waals surface area contributed by atoms with Crippen molar-refractivity contribution in [3.05, 3.63) is 10.4 Å². The van der Waals surface area contributed by atoms with Gasteiger partial charge in [-0.05, 0) is 27.7 Å². The molecule has 0 aliphatic carbocycles. The van der Waals surface area contributed by atoms with Crippen LogP contribution in [-0.2, 0) is 0 Å². The molecule has 0 fully saturated rings. The van der Waals surface area contributed by atoms with E-state index >= 15 is 0 Å². The molecule has 0 radical (unpaired) electrons. The summed E-state index contributed by atoms with van der Waals surface area (Å²) in [6.07, 6.45) is 0. The molecule has 14 heavy (non-hydrogen) atoms. The number of halogens is 1. The third-order valence-electron chi connectivity index (χ3n) is 2.74. The Morgan fingerprint density at radius 1 is 1.07 bits per heavy atom. The Bertz CT molecular complexity index is 311. The van der Waals surface area contributed by atoms with Crippen LogP contribution in [-0.4, -0.2) is 26.2 Å². The molecule has 3 heteroatoms. The summed E-state index contributed by atoms with van der Waals surface area (Å²) in [4.78, 5) is 2.32. The molecule has 0 saturated carbocycles. The molecule has 0 saturated heterocycles. The van der Waals surface area contributed by atoms with Gasteiger partial charge >= 0.3 is 0 Å². The Labute approximate surface area is 91.5 Å². The maximum absolute atomic E-state index is 6.18. The fourth-order valence-corrected chi connectivity index (χ4v) is 2.17. The zero-order chi connectivity index (χ0) is 10.7. The number of hydrogen-bond donors (Lipinski definition) is 0. The van der Waals surface area contributed by atoms with Gasteiger partial charge in [-0.3, -0.25) is 0 Å². The topological polar surface area (TPSA) is 6.25 Å². The Balaban J connectivity index is 2.97. The number of hydrogen-bond acceptors (Lipinski definition) is 1. The molecule has 0 bridgehead atoms. The quantitative estimate of drug-likeness (QED) is 0.680. The first kappa shape index (κ1) is 11.6. The van der Waals surface area contributed by atoms with Gasteiger partial charge in [0.05, 0.1) is 0 Å². The summed E-state index contributed by atoms with van der Waals surface area (Å²) in [5.41, 5.74) is 1.26. The summed E-state index contributed by atoms with van der Waals surface area (Å²) in [6.45, 7) is 12.8. The minimum absolute atomic E-state index is 0.970.